The molecule has 140 valence electrons. The molecule has 1 aliphatic rings. The summed E-state index contributed by atoms with van der Waals surface area (Å²) in [5, 5.41) is 10.3. The molecule has 6 nitrogen and oxygen atoms in total. The van der Waals surface area contributed by atoms with E-state index in [0.29, 0.717) is 18.3 Å². The van der Waals surface area contributed by atoms with Gasteiger partial charge < -0.3 is 4.74 Å². The molecule has 6 heteroatoms. The first-order valence-electron chi connectivity index (χ1n) is 9.43. The van der Waals surface area contributed by atoms with Crippen molar-refractivity contribution in [2.24, 2.45) is 13.0 Å². The molecule has 0 spiro atoms. The number of carbonyl (C=O) groups excluding carboxylic acids is 1. The zero-order valence-corrected chi connectivity index (χ0v) is 15.8. The molecule has 0 amide bonds. The van der Waals surface area contributed by atoms with Crippen molar-refractivity contribution in [2.75, 3.05) is 7.11 Å². The zero-order valence-electron chi connectivity index (χ0n) is 15.8. The third-order valence-electron chi connectivity index (χ3n) is 5.50. The number of rotatable bonds is 5. The van der Waals surface area contributed by atoms with Crippen molar-refractivity contribution in [3.63, 3.8) is 0 Å². The van der Waals surface area contributed by atoms with E-state index in [2.05, 4.69) is 21.4 Å². The zero-order chi connectivity index (χ0) is 18.8. The number of pyridine rings is 1. The lowest BCUT2D eigenvalue weighted by atomic mass is 9.83. The number of Topliss-reactive ketones (excluding diaryl/α,β-unsaturated/α-hetero) is 1. The average molecular weight is 364 g/mol. The van der Waals surface area contributed by atoms with Crippen LogP contribution in [0.5, 0.6) is 0 Å². The Morgan fingerprint density at radius 1 is 1.19 bits per heavy atom. The summed E-state index contributed by atoms with van der Waals surface area (Å²) in [7, 11) is 3.60. The Kier molecular flexibility index (Phi) is 4.99. The molecule has 27 heavy (non-hydrogen) atoms. The molecule has 0 aliphatic heterocycles. The van der Waals surface area contributed by atoms with Crippen molar-refractivity contribution in [1.29, 1.82) is 0 Å². The first kappa shape index (κ1) is 17.8. The predicted octanol–water partition coefficient (Wildman–Crippen LogP) is 3.35. The number of ether oxygens (including phenoxy) is 1. The van der Waals surface area contributed by atoms with Gasteiger partial charge in [-0.15, -0.1) is 5.10 Å². The highest BCUT2D eigenvalue weighted by molar-refractivity contribution is 5.88. The number of aryl methyl sites for hydroxylation is 1. The Morgan fingerprint density at radius 2 is 2.00 bits per heavy atom. The number of methoxy groups -OCH3 is 1. The minimum atomic E-state index is 0.139. The van der Waals surface area contributed by atoms with Crippen LogP contribution < -0.4 is 0 Å². The Morgan fingerprint density at radius 3 is 2.70 bits per heavy atom. The first-order chi connectivity index (χ1) is 13.1. The molecule has 0 N–H and O–H groups in total. The molecule has 2 aromatic heterocycles. The third-order valence-corrected chi connectivity index (χ3v) is 5.50. The molecule has 1 aromatic carbocycles. The molecule has 0 atom stereocenters. The molecule has 2 heterocycles. The summed E-state index contributed by atoms with van der Waals surface area (Å²) in [4.78, 5) is 17.2. The maximum atomic E-state index is 12.7. The van der Waals surface area contributed by atoms with Crippen LogP contribution >= 0.6 is 0 Å². The number of hydrogen-bond donors (Lipinski definition) is 0. The van der Waals surface area contributed by atoms with Crippen LogP contribution in [0, 0.1) is 5.92 Å². The molecule has 1 saturated carbocycles. The quantitative estimate of drug-likeness (QED) is 0.694. The monoisotopic (exact) mass is 364 g/mol. The van der Waals surface area contributed by atoms with Crippen molar-refractivity contribution in [3.05, 3.63) is 42.4 Å². The smallest absolute Gasteiger partial charge is 0.141 e. The second-order valence-electron chi connectivity index (χ2n) is 7.37. The van der Waals surface area contributed by atoms with Gasteiger partial charge in [-0.1, -0.05) is 17.3 Å². The lowest BCUT2D eigenvalue weighted by Crippen LogP contribution is -2.26. The van der Waals surface area contributed by atoms with E-state index >= 15 is 0 Å². The summed E-state index contributed by atoms with van der Waals surface area (Å²) >= 11 is 0. The highest BCUT2D eigenvalue weighted by atomic mass is 16.5. The Balaban J connectivity index is 1.51. The lowest BCUT2D eigenvalue weighted by molar-refractivity contribution is -0.124. The second kappa shape index (κ2) is 7.56. The molecule has 4 rings (SSSR count). The maximum absolute atomic E-state index is 12.7. The number of aromatic nitrogens is 4. The number of benzene rings is 1. The van der Waals surface area contributed by atoms with Crippen molar-refractivity contribution in [2.45, 2.75) is 38.2 Å². The van der Waals surface area contributed by atoms with Gasteiger partial charge in [-0.25, -0.2) is 0 Å². The Labute approximate surface area is 158 Å². The van der Waals surface area contributed by atoms with Gasteiger partial charge in [-0.2, -0.15) is 0 Å². The fourth-order valence-corrected chi connectivity index (χ4v) is 3.87. The van der Waals surface area contributed by atoms with Gasteiger partial charge in [0.15, 0.2) is 0 Å². The highest BCUT2D eigenvalue weighted by Gasteiger charge is 2.26. The van der Waals surface area contributed by atoms with Gasteiger partial charge in [-0.05, 0) is 43.2 Å². The van der Waals surface area contributed by atoms with Gasteiger partial charge in [-0.3, -0.25) is 14.5 Å². The van der Waals surface area contributed by atoms with Crippen molar-refractivity contribution >= 4 is 16.6 Å². The van der Waals surface area contributed by atoms with Crippen LogP contribution in [-0.4, -0.2) is 39.0 Å². The van der Waals surface area contributed by atoms with Crippen LogP contribution in [0.1, 0.15) is 31.4 Å². The predicted molar refractivity (Wildman–Crippen MR) is 103 cm³/mol. The van der Waals surface area contributed by atoms with E-state index in [9.17, 15) is 4.79 Å². The number of hydrogen-bond acceptors (Lipinski definition) is 5. The summed E-state index contributed by atoms with van der Waals surface area (Å²) in [5.41, 5.74) is 2.68. The lowest BCUT2D eigenvalue weighted by Gasteiger charge is -2.26. The summed E-state index contributed by atoms with van der Waals surface area (Å²) in [6.45, 7) is 0. The van der Waals surface area contributed by atoms with Crippen LogP contribution in [0.4, 0.5) is 0 Å². The SMILES string of the molecule is COC1CCC(C(=O)Cc2cc3cc(-c4cn(C)nn4)ccc3cn2)CC1. The normalized spacial score (nSPS) is 20.1. The Bertz CT molecular complexity index is 958. The van der Waals surface area contributed by atoms with Crippen LogP contribution in [0.3, 0.4) is 0 Å². The summed E-state index contributed by atoms with van der Waals surface area (Å²) in [6.07, 6.45) is 8.23. The molecule has 3 aromatic rings. The fraction of sp³-hybridized carbons (Fsp3) is 0.429. The molecule has 0 unspecified atom stereocenters. The number of fused-ring (bicyclic) bond motifs is 1. The van der Waals surface area contributed by atoms with E-state index in [-0.39, 0.29) is 5.92 Å². The minimum Gasteiger partial charge on any atom is -0.381 e. The van der Waals surface area contributed by atoms with E-state index in [0.717, 1.165) is 53.4 Å². The van der Waals surface area contributed by atoms with E-state index < -0.39 is 0 Å². The minimum absolute atomic E-state index is 0.139. The molecular weight excluding hydrogens is 340 g/mol. The van der Waals surface area contributed by atoms with Crippen LogP contribution in [0.25, 0.3) is 22.0 Å². The summed E-state index contributed by atoms with van der Waals surface area (Å²) in [5.74, 6) is 0.432. The molecule has 0 bridgehead atoms. The van der Waals surface area contributed by atoms with Gasteiger partial charge >= 0.3 is 0 Å². The number of nitrogens with zero attached hydrogens (tertiary/aromatic N) is 4. The van der Waals surface area contributed by atoms with Crippen molar-refractivity contribution < 1.29 is 9.53 Å². The highest BCUT2D eigenvalue weighted by Crippen LogP contribution is 2.28. The fourth-order valence-electron chi connectivity index (χ4n) is 3.87. The van der Waals surface area contributed by atoms with Crippen LogP contribution in [-0.2, 0) is 23.0 Å². The van der Waals surface area contributed by atoms with Gasteiger partial charge in [0.25, 0.3) is 0 Å². The molecular formula is C21H24N4O2. The maximum Gasteiger partial charge on any atom is 0.141 e. The van der Waals surface area contributed by atoms with Gasteiger partial charge in [0.1, 0.15) is 11.5 Å². The standard InChI is InChI=1S/C21H24N4O2/c1-25-13-20(23-24-25)15-3-4-16-12-22-18(10-17(16)9-15)11-21(26)14-5-7-19(27-2)8-6-14/h3-4,9-10,12-14,19H,5-8,11H2,1-2H3. The van der Waals surface area contributed by atoms with E-state index in [1.807, 2.05) is 37.6 Å². The van der Waals surface area contributed by atoms with Gasteiger partial charge in [0.05, 0.1) is 12.3 Å². The molecule has 1 fully saturated rings. The summed E-state index contributed by atoms with van der Waals surface area (Å²) in [6, 6.07) is 8.16. The second-order valence-corrected chi connectivity index (χ2v) is 7.37. The number of ketones is 1. The van der Waals surface area contributed by atoms with E-state index in [1.165, 1.54) is 0 Å². The third kappa shape index (κ3) is 3.90. The molecule has 0 saturated heterocycles. The summed E-state index contributed by atoms with van der Waals surface area (Å²) < 4.78 is 7.09. The van der Waals surface area contributed by atoms with Gasteiger partial charge in [0.2, 0.25) is 0 Å². The molecule has 0 radical (unpaired) electrons. The van der Waals surface area contributed by atoms with E-state index in [1.54, 1.807) is 11.8 Å². The van der Waals surface area contributed by atoms with Gasteiger partial charge in [0, 0.05) is 49.3 Å². The van der Waals surface area contributed by atoms with Crippen molar-refractivity contribution in [1.82, 2.24) is 20.0 Å². The first-order valence-corrected chi connectivity index (χ1v) is 9.43. The Hall–Kier alpha value is -2.60. The average Bonchev–Trinajstić information content (AvgIpc) is 3.14. The topological polar surface area (TPSA) is 69.9 Å². The molecule has 1 aliphatic carbocycles. The number of carbonyl (C=O) groups is 1. The van der Waals surface area contributed by atoms with Crippen LogP contribution in [0.15, 0.2) is 36.7 Å². The van der Waals surface area contributed by atoms with E-state index in [4.69, 9.17) is 4.74 Å². The largest absolute Gasteiger partial charge is 0.381 e. The van der Waals surface area contributed by atoms with Crippen LogP contribution in [0.2, 0.25) is 0 Å². The van der Waals surface area contributed by atoms with Crippen molar-refractivity contribution in [3.8, 4) is 11.3 Å².